The van der Waals surface area contributed by atoms with Gasteiger partial charge >= 0.3 is 12.1 Å². The van der Waals surface area contributed by atoms with Crippen molar-refractivity contribution in [3.8, 4) is 6.07 Å². The molecule has 2 atom stereocenters. The summed E-state index contributed by atoms with van der Waals surface area (Å²) in [6.45, 7) is 3.29. The van der Waals surface area contributed by atoms with E-state index in [-0.39, 0.29) is 23.7 Å². The third-order valence-corrected chi connectivity index (χ3v) is 3.88. The van der Waals surface area contributed by atoms with E-state index < -0.39 is 29.5 Å². The molecule has 132 valence electrons. The molecule has 0 saturated heterocycles. The molecule has 5 nitrogen and oxygen atoms in total. The topological polar surface area (TPSA) is 88.5 Å². The SMILES string of the molecule is CCOC(=O)C1=C(C)N=C(N)C(C#N)C1c1ccc(C(F)(F)F)cc1. The summed E-state index contributed by atoms with van der Waals surface area (Å²) in [5.41, 5.74) is 5.76. The molecule has 2 rings (SSSR count). The summed E-state index contributed by atoms with van der Waals surface area (Å²) >= 11 is 0. The number of halogens is 3. The van der Waals surface area contributed by atoms with Gasteiger partial charge in [0, 0.05) is 5.92 Å². The second-order valence-electron chi connectivity index (χ2n) is 5.46. The number of nitrogens with two attached hydrogens (primary N) is 1. The fourth-order valence-electron chi connectivity index (χ4n) is 2.75. The Labute approximate surface area is 142 Å². The first-order valence-corrected chi connectivity index (χ1v) is 7.49. The molecule has 2 N–H and O–H groups in total. The zero-order valence-electron chi connectivity index (χ0n) is 13.6. The maximum atomic E-state index is 12.8. The molecule has 0 spiro atoms. The zero-order valence-corrected chi connectivity index (χ0v) is 13.6. The number of hydrogen-bond donors (Lipinski definition) is 1. The van der Waals surface area contributed by atoms with Crippen LogP contribution in [0.25, 0.3) is 0 Å². The van der Waals surface area contributed by atoms with E-state index in [0.29, 0.717) is 5.56 Å². The Morgan fingerprint density at radius 2 is 1.96 bits per heavy atom. The molecule has 0 aliphatic carbocycles. The van der Waals surface area contributed by atoms with Gasteiger partial charge in [-0.05, 0) is 31.5 Å². The van der Waals surface area contributed by atoms with Crippen LogP contribution in [-0.4, -0.2) is 18.4 Å². The van der Waals surface area contributed by atoms with Gasteiger partial charge in [0.15, 0.2) is 0 Å². The lowest BCUT2D eigenvalue weighted by Gasteiger charge is -2.28. The number of nitrogens with zero attached hydrogens (tertiary/aromatic N) is 2. The van der Waals surface area contributed by atoms with E-state index in [1.165, 1.54) is 12.1 Å². The molecule has 1 aliphatic rings. The monoisotopic (exact) mass is 351 g/mol. The molecule has 8 heteroatoms. The van der Waals surface area contributed by atoms with E-state index in [1.54, 1.807) is 13.8 Å². The third-order valence-electron chi connectivity index (χ3n) is 3.88. The quantitative estimate of drug-likeness (QED) is 0.848. The minimum absolute atomic E-state index is 0.0120. The number of carbonyl (C=O) groups excluding carboxylic acids is 1. The van der Waals surface area contributed by atoms with Crippen LogP contribution >= 0.6 is 0 Å². The molecule has 1 heterocycles. The van der Waals surface area contributed by atoms with Crippen molar-refractivity contribution in [2.75, 3.05) is 6.61 Å². The average molecular weight is 351 g/mol. The van der Waals surface area contributed by atoms with Crippen LogP contribution in [0.5, 0.6) is 0 Å². The second kappa shape index (κ2) is 6.97. The van der Waals surface area contributed by atoms with Gasteiger partial charge in [-0.25, -0.2) is 9.79 Å². The molecule has 0 amide bonds. The lowest BCUT2D eigenvalue weighted by atomic mass is 9.77. The average Bonchev–Trinajstić information content (AvgIpc) is 2.53. The van der Waals surface area contributed by atoms with E-state index in [4.69, 9.17) is 10.5 Å². The van der Waals surface area contributed by atoms with Crippen LogP contribution in [0.15, 0.2) is 40.5 Å². The number of rotatable bonds is 3. The van der Waals surface area contributed by atoms with Crippen molar-refractivity contribution >= 4 is 11.8 Å². The number of allylic oxidation sites excluding steroid dienone is 1. The highest BCUT2D eigenvalue weighted by Gasteiger charge is 2.39. The Morgan fingerprint density at radius 3 is 2.44 bits per heavy atom. The van der Waals surface area contributed by atoms with Crippen LogP contribution in [0.4, 0.5) is 13.2 Å². The Balaban J connectivity index is 2.55. The smallest absolute Gasteiger partial charge is 0.416 e. The molecule has 2 unspecified atom stereocenters. The molecule has 1 aromatic carbocycles. The number of carbonyl (C=O) groups is 1. The van der Waals surface area contributed by atoms with Gasteiger partial charge in [-0.15, -0.1) is 0 Å². The normalized spacial score (nSPS) is 20.7. The number of alkyl halides is 3. The molecular weight excluding hydrogens is 335 g/mol. The number of esters is 1. The van der Waals surface area contributed by atoms with E-state index in [2.05, 4.69) is 4.99 Å². The summed E-state index contributed by atoms with van der Waals surface area (Å²) in [6, 6.07) is 6.27. The van der Waals surface area contributed by atoms with Crippen LogP contribution in [0.3, 0.4) is 0 Å². The maximum absolute atomic E-state index is 12.8. The van der Waals surface area contributed by atoms with Crippen LogP contribution in [-0.2, 0) is 15.7 Å². The number of amidine groups is 1. The highest BCUT2D eigenvalue weighted by Crippen LogP contribution is 2.39. The van der Waals surface area contributed by atoms with E-state index in [9.17, 15) is 23.2 Å². The lowest BCUT2D eigenvalue weighted by molar-refractivity contribution is -0.139. The third kappa shape index (κ3) is 3.65. The van der Waals surface area contributed by atoms with Gasteiger partial charge in [0.25, 0.3) is 0 Å². The summed E-state index contributed by atoms with van der Waals surface area (Å²) in [4.78, 5) is 16.3. The fraction of sp³-hybridized carbons (Fsp3) is 0.353. The first-order chi connectivity index (χ1) is 11.7. The van der Waals surface area contributed by atoms with Crippen molar-refractivity contribution in [2.24, 2.45) is 16.6 Å². The zero-order chi connectivity index (χ0) is 18.8. The Kier molecular flexibility index (Phi) is 5.16. The van der Waals surface area contributed by atoms with Crippen molar-refractivity contribution in [3.63, 3.8) is 0 Å². The molecule has 0 fully saturated rings. The van der Waals surface area contributed by atoms with Crippen molar-refractivity contribution in [1.29, 1.82) is 5.26 Å². The first-order valence-electron chi connectivity index (χ1n) is 7.49. The summed E-state index contributed by atoms with van der Waals surface area (Å²) in [5, 5.41) is 9.43. The number of benzene rings is 1. The number of hydrogen-bond acceptors (Lipinski definition) is 5. The minimum Gasteiger partial charge on any atom is -0.463 e. The summed E-state index contributed by atoms with van der Waals surface area (Å²) in [7, 11) is 0. The number of ether oxygens (including phenoxy) is 1. The summed E-state index contributed by atoms with van der Waals surface area (Å²) in [6.07, 6.45) is -4.48. The largest absolute Gasteiger partial charge is 0.463 e. The Hall–Kier alpha value is -2.82. The van der Waals surface area contributed by atoms with E-state index in [1.807, 2.05) is 6.07 Å². The molecular formula is C17H16F3N3O2. The highest BCUT2D eigenvalue weighted by atomic mass is 19.4. The molecule has 0 bridgehead atoms. The molecule has 0 saturated carbocycles. The van der Waals surface area contributed by atoms with Crippen molar-refractivity contribution in [2.45, 2.75) is 25.9 Å². The van der Waals surface area contributed by atoms with Gasteiger partial charge in [-0.1, -0.05) is 12.1 Å². The Morgan fingerprint density at radius 1 is 1.36 bits per heavy atom. The van der Waals surface area contributed by atoms with Gasteiger partial charge in [0.2, 0.25) is 0 Å². The van der Waals surface area contributed by atoms with Crippen LogP contribution in [0.2, 0.25) is 0 Å². The predicted octanol–water partition coefficient (Wildman–Crippen LogP) is 3.14. The second-order valence-corrected chi connectivity index (χ2v) is 5.46. The van der Waals surface area contributed by atoms with Crippen molar-refractivity contribution in [1.82, 2.24) is 0 Å². The molecule has 0 aromatic heterocycles. The van der Waals surface area contributed by atoms with Gasteiger partial charge in [0.1, 0.15) is 11.8 Å². The molecule has 1 aliphatic heterocycles. The highest BCUT2D eigenvalue weighted by molar-refractivity contribution is 5.97. The number of nitriles is 1. The standard InChI is InChI=1S/C17H16F3N3O2/c1-3-25-16(24)13-9(2)23-15(22)12(8-21)14(13)10-4-6-11(7-5-10)17(18,19)20/h4-7,12,14H,3H2,1-2H3,(H2,22,23). The van der Waals surface area contributed by atoms with Gasteiger partial charge in [0.05, 0.1) is 29.5 Å². The predicted molar refractivity (Wildman–Crippen MR) is 84.2 cm³/mol. The van der Waals surface area contributed by atoms with Crippen molar-refractivity contribution in [3.05, 3.63) is 46.7 Å². The van der Waals surface area contributed by atoms with Crippen LogP contribution < -0.4 is 5.73 Å². The lowest BCUT2D eigenvalue weighted by Crippen LogP contribution is -2.35. The van der Waals surface area contributed by atoms with Gasteiger partial charge in [-0.2, -0.15) is 18.4 Å². The molecule has 1 aromatic rings. The number of aliphatic imine (C=N–C) groups is 1. The first kappa shape index (κ1) is 18.5. The summed E-state index contributed by atoms with van der Waals surface area (Å²) in [5.74, 6) is -2.47. The van der Waals surface area contributed by atoms with Crippen LogP contribution in [0.1, 0.15) is 30.9 Å². The fourth-order valence-corrected chi connectivity index (χ4v) is 2.75. The minimum atomic E-state index is -4.48. The van der Waals surface area contributed by atoms with Gasteiger partial charge in [-0.3, -0.25) is 0 Å². The molecule has 25 heavy (non-hydrogen) atoms. The van der Waals surface area contributed by atoms with Crippen LogP contribution in [0, 0.1) is 17.2 Å². The van der Waals surface area contributed by atoms with E-state index >= 15 is 0 Å². The van der Waals surface area contributed by atoms with Crippen molar-refractivity contribution < 1.29 is 22.7 Å². The van der Waals surface area contributed by atoms with E-state index in [0.717, 1.165) is 12.1 Å². The Bertz CT molecular complexity index is 774. The molecule has 0 radical (unpaired) electrons. The van der Waals surface area contributed by atoms with Gasteiger partial charge < -0.3 is 10.5 Å². The maximum Gasteiger partial charge on any atom is 0.416 e. The summed E-state index contributed by atoms with van der Waals surface area (Å²) < 4.78 is 43.3.